The van der Waals surface area contributed by atoms with Gasteiger partial charge in [0.2, 0.25) is 0 Å². The summed E-state index contributed by atoms with van der Waals surface area (Å²) in [7, 11) is 0. The average Bonchev–Trinajstić information content (AvgIpc) is 1.91. The molecular formula is C6H5ClN2. The van der Waals surface area contributed by atoms with Crippen LogP contribution >= 0.6 is 11.8 Å². The van der Waals surface area contributed by atoms with Gasteiger partial charge in [-0.15, -0.1) is 0 Å². The van der Waals surface area contributed by atoms with E-state index in [9.17, 15) is 0 Å². The molecule has 0 atom stereocenters. The van der Waals surface area contributed by atoms with Gasteiger partial charge in [-0.25, -0.2) is 0 Å². The molecule has 0 amide bonds. The third kappa shape index (κ3) is 1.82. The number of nitrogens with zero attached hydrogens (tertiary/aromatic N) is 2. The van der Waals surface area contributed by atoms with Crippen LogP contribution in [0.4, 0.5) is 0 Å². The van der Waals surface area contributed by atoms with E-state index >= 15 is 0 Å². The second-order valence-electron chi connectivity index (χ2n) is 1.48. The van der Waals surface area contributed by atoms with Crippen LogP contribution in [0.1, 0.15) is 5.69 Å². The highest BCUT2D eigenvalue weighted by Crippen LogP contribution is 1.88. The molecule has 2 nitrogen and oxygen atoms in total. The Kier molecular flexibility index (Phi) is 2.22. The van der Waals surface area contributed by atoms with Crippen LogP contribution < -0.4 is 0 Å². The lowest BCUT2D eigenvalue weighted by atomic mass is 10.4. The molecule has 1 rings (SSSR count). The summed E-state index contributed by atoms with van der Waals surface area (Å²) in [5.41, 5.74) is 0.771. The lowest BCUT2D eigenvalue weighted by Gasteiger charge is -1.84. The summed E-state index contributed by atoms with van der Waals surface area (Å²) in [5, 5.41) is 0. The normalized spacial score (nSPS) is 10.3. The van der Waals surface area contributed by atoms with Crippen molar-refractivity contribution >= 4 is 18.0 Å². The van der Waals surface area contributed by atoms with Crippen LogP contribution in [0, 0.1) is 0 Å². The molecule has 0 fully saturated rings. The summed E-state index contributed by atoms with van der Waals surface area (Å²) in [5.74, 6) is 0. The smallest absolute Gasteiger partial charge is 0.0823 e. The van der Waals surface area contributed by atoms with E-state index in [1.165, 1.54) is 6.21 Å². The molecule has 0 saturated heterocycles. The fourth-order valence-electron chi connectivity index (χ4n) is 0.502. The van der Waals surface area contributed by atoms with Crippen LogP contribution in [0.15, 0.2) is 28.9 Å². The highest BCUT2D eigenvalue weighted by atomic mass is 35.5. The quantitative estimate of drug-likeness (QED) is 0.545. The van der Waals surface area contributed by atoms with E-state index < -0.39 is 0 Å². The minimum atomic E-state index is 0.771. The van der Waals surface area contributed by atoms with E-state index in [1.807, 2.05) is 18.2 Å². The molecule has 0 aliphatic heterocycles. The fraction of sp³-hybridized carbons (Fsp3) is 0. The molecule has 3 heteroatoms. The lowest BCUT2D eigenvalue weighted by Crippen LogP contribution is -1.81. The molecule has 0 saturated carbocycles. The van der Waals surface area contributed by atoms with Crippen molar-refractivity contribution in [1.29, 1.82) is 0 Å². The first-order valence-electron chi connectivity index (χ1n) is 2.49. The Hall–Kier alpha value is -0.890. The van der Waals surface area contributed by atoms with E-state index in [0.717, 1.165) is 5.69 Å². The van der Waals surface area contributed by atoms with Gasteiger partial charge in [-0.3, -0.25) is 4.98 Å². The molecule has 0 radical (unpaired) electrons. The van der Waals surface area contributed by atoms with E-state index in [1.54, 1.807) is 6.20 Å². The number of hydrogen-bond acceptors (Lipinski definition) is 2. The van der Waals surface area contributed by atoms with Gasteiger partial charge in [-0.1, -0.05) is 6.07 Å². The van der Waals surface area contributed by atoms with Crippen LogP contribution in [0.2, 0.25) is 0 Å². The SMILES string of the molecule is ClN=Cc1ccccn1. The fourth-order valence-corrected chi connectivity index (χ4v) is 0.602. The van der Waals surface area contributed by atoms with Crippen molar-refractivity contribution in [2.75, 3.05) is 0 Å². The summed E-state index contributed by atoms with van der Waals surface area (Å²) in [6.45, 7) is 0. The number of rotatable bonds is 1. The number of aromatic nitrogens is 1. The van der Waals surface area contributed by atoms with Crippen molar-refractivity contribution in [3.63, 3.8) is 0 Å². The Balaban J connectivity index is 2.85. The summed E-state index contributed by atoms with van der Waals surface area (Å²) < 4.78 is 3.29. The minimum Gasteiger partial charge on any atom is -0.255 e. The van der Waals surface area contributed by atoms with E-state index in [0.29, 0.717) is 0 Å². The van der Waals surface area contributed by atoms with Crippen molar-refractivity contribution in [2.45, 2.75) is 0 Å². The maximum Gasteiger partial charge on any atom is 0.0823 e. The van der Waals surface area contributed by atoms with Gasteiger partial charge >= 0.3 is 0 Å². The number of pyridine rings is 1. The Morgan fingerprint density at radius 3 is 3.00 bits per heavy atom. The van der Waals surface area contributed by atoms with Crippen molar-refractivity contribution in [1.82, 2.24) is 4.98 Å². The first-order chi connectivity index (χ1) is 4.43. The highest BCUT2D eigenvalue weighted by Gasteiger charge is 1.81. The molecular weight excluding hydrogens is 136 g/mol. The van der Waals surface area contributed by atoms with Crippen LogP contribution in [-0.2, 0) is 0 Å². The third-order valence-corrected chi connectivity index (χ3v) is 0.966. The van der Waals surface area contributed by atoms with Gasteiger partial charge in [0, 0.05) is 18.0 Å². The van der Waals surface area contributed by atoms with Crippen LogP contribution in [0.3, 0.4) is 0 Å². The molecule has 0 N–H and O–H groups in total. The topological polar surface area (TPSA) is 25.2 Å². The zero-order valence-corrected chi connectivity index (χ0v) is 5.42. The van der Waals surface area contributed by atoms with Crippen LogP contribution in [0.5, 0.6) is 0 Å². The lowest BCUT2D eigenvalue weighted by molar-refractivity contribution is 1.30. The van der Waals surface area contributed by atoms with Gasteiger partial charge in [0.15, 0.2) is 0 Å². The maximum absolute atomic E-state index is 5.07. The minimum absolute atomic E-state index is 0.771. The zero-order chi connectivity index (χ0) is 6.53. The molecule has 0 aromatic carbocycles. The molecule has 0 bridgehead atoms. The third-order valence-electron chi connectivity index (χ3n) is 0.869. The molecule has 0 aliphatic rings. The summed E-state index contributed by atoms with van der Waals surface area (Å²) >= 11 is 5.07. The number of hydrogen-bond donors (Lipinski definition) is 0. The molecule has 1 heterocycles. The molecule has 1 aromatic heterocycles. The second kappa shape index (κ2) is 3.20. The van der Waals surface area contributed by atoms with Gasteiger partial charge in [-0.2, -0.15) is 4.51 Å². The van der Waals surface area contributed by atoms with E-state index in [2.05, 4.69) is 9.50 Å². The standard InChI is InChI=1S/C6H5ClN2/c7-9-5-6-3-1-2-4-8-6/h1-5H. The van der Waals surface area contributed by atoms with Gasteiger partial charge in [-0.05, 0) is 12.1 Å². The second-order valence-corrected chi connectivity index (χ2v) is 1.68. The van der Waals surface area contributed by atoms with Crippen molar-refractivity contribution in [2.24, 2.45) is 4.51 Å². The van der Waals surface area contributed by atoms with Gasteiger partial charge in [0.05, 0.1) is 11.9 Å². The van der Waals surface area contributed by atoms with Gasteiger partial charge in [0.25, 0.3) is 0 Å². The zero-order valence-electron chi connectivity index (χ0n) is 4.66. The Morgan fingerprint density at radius 1 is 1.56 bits per heavy atom. The predicted molar refractivity (Wildman–Crippen MR) is 37.7 cm³/mol. The first kappa shape index (κ1) is 6.23. The summed E-state index contributed by atoms with van der Waals surface area (Å²) in [6.07, 6.45) is 3.18. The Morgan fingerprint density at radius 2 is 2.44 bits per heavy atom. The maximum atomic E-state index is 5.07. The summed E-state index contributed by atoms with van der Waals surface area (Å²) in [4.78, 5) is 3.93. The van der Waals surface area contributed by atoms with Crippen molar-refractivity contribution in [3.8, 4) is 0 Å². The average molecular weight is 141 g/mol. The molecule has 0 aliphatic carbocycles. The molecule has 46 valence electrons. The summed E-state index contributed by atoms with van der Waals surface area (Å²) in [6, 6.07) is 5.54. The van der Waals surface area contributed by atoms with Crippen LogP contribution in [0.25, 0.3) is 0 Å². The molecule has 0 unspecified atom stereocenters. The Bertz CT molecular complexity index is 195. The van der Waals surface area contributed by atoms with Crippen molar-refractivity contribution < 1.29 is 0 Å². The molecule has 0 spiro atoms. The largest absolute Gasteiger partial charge is 0.255 e. The van der Waals surface area contributed by atoms with E-state index in [4.69, 9.17) is 11.8 Å². The number of halogens is 1. The molecule has 1 aromatic rings. The van der Waals surface area contributed by atoms with Crippen LogP contribution in [-0.4, -0.2) is 11.2 Å². The van der Waals surface area contributed by atoms with E-state index in [-0.39, 0.29) is 0 Å². The molecule has 9 heavy (non-hydrogen) atoms. The first-order valence-corrected chi connectivity index (χ1v) is 2.82. The monoisotopic (exact) mass is 140 g/mol. The predicted octanol–water partition coefficient (Wildman–Crippen LogP) is 1.65. The van der Waals surface area contributed by atoms with Gasteiger partial charge < -0.3 is 0 Å². The highest BCUT2D eigenvalue weighted by molar-refractivity contribution is 6.18. The van der Waals surface area contributed by atoms with Crippen molar-refractivity contribution in [3.05, 3.63) is 30.1 Å². The van der Waals surface area contributed by atoms with Gasteiger partial charge in [0.1, 0.15) is 0 Å². The Labute approximate surface area is 58.3 Å².